The zero-order chi connectivity index (χ0) is 6.97. The van der Waals surface area contributed by atoms with E-state index in [9.17, 15) is 5.21 Å². The van der Waals surface area contributed by atoms with Crippen molar-refractivity contribution in [3.63, 3.8) is 0 Å². The lowest BCUT2D eigenvalue weighted by molar-refractivity contribution is -0.0651. The van der Waals surface area contributed by atoms with Gasteiger partial charge in [-0.05, 0) is 11.6 Å². The fraction of sp³-hybridized carbons (Fsp3) is 0.286. The molecule has 0 saturated carbocycles. The van der Waals surface area contributed by atoms with E-state index < -0.39 is 0 Å². The molecule has 0 saturated heterocycles. The molecule has 0 amide bonds. The summed E-state index contributed by atoms with van der Waals surface area (Å²) in [5.74, 6) is 0. The minimum absolute atomic E-state index is 0.134. The van der Waals surface area contributed by atoms with Crippen molar-refractivity contribution >= 4 is 6.21 Å². The Morgan fingerprint density at radius 1 is 1.70 bits per heavy atom. The molecule has 2 rings (SSSR count). The van der Waals surface area contributed by atoms with Crippen molar-refractivity contribution in [2.24, 2.45) is 4.99 Å². The SMILES string of the molecule is ON1C=CC=C2CC=NC21. The van der Waals surface area contributed by atoms with Crippen molar-refractivity contribution in [2.75, 3.05) is 0 Å². The molecular weight excluding hydrogens is 128 g/mol. The molecule has 3 heteroatoms. The number of hydrogen-bond acceptors (Lipinski definition) is 3. The summed E-state index contributed by atoms with van der Waals surface area (Å²) < 4.78 is 0. The van der Waals surface area contributed by atoms with Crippen LogP contribution in [0.3, 0.4) is 0 Å². The minimum atomic E-state index is -0.134. The minimum Gasteiger partial charge on any atom is -0.287 e. The standard InChI is InChI=1S/C7H8N2O/c10-9-5-1-2-6-3-4-8-7(6)9/h1-2,4-5,7,10H,3H2. The van der Waals surface area contributed by atoms with Crippen LogP contribution in [0.5, 0.6) is 0 Å². The number of allylic oxidation sites excluding steroid dienone is 2. The van der Waals surface area contributed by atoms with Crippen LogP contribution in [0.2, 0.25) is 0 Å². The Labute approximate surface area is 58.9 Å². The van der Waals surface area contributed by atoms with Gasteiger partial charge in [0, 0.05) is 18.8 Å². The summed E-state index contributed by atoms with van der Waals surface area (Å²) in [5.41, 5.74) is 1.16. The number of aliphatic imine (C=N–C) groups is 1. The van der Waals surface area contributed by atoms with E-state index in [0.29, 0.717) is 0 Å². The Balaban J connectivity index is 2.31. The summed E-state index contributed by atoms with van der Waals surface area (Å²) in [6, 6.07) is 0. The predicted molar refractivity (Wildman–Crippen MR) is 37.7 cm³/mol. The van der Waals surface area contributed by atoms with E-state index in [0.717, 1.165) is 17.1 Å². The molecule has 2 aliphatic rings. The first-order valence-corrected chi connectivity index (χ1v) is 3.24. The van der Waals surface area contributed by atoms with Crippen LogP contribution in [-0.4, -0.2) is 22.7 Å². The topological polar surface area (TPSA) is 35.8 Å². The van der Waals surface area contributed by atoms with Crippen molar-refractivity contribution in [3.8, 4) is 0 Å². The molecule has 0 radical (unpaired) electrons. The van der Waals surface area contributed by atoms with Gasteiger partial charge in [0.05, 0.1) is 0 Å². The maximum Gasteiger partial charge on any atom is 0.166 e. The van der Waals surface area contributed by atoms with Crippen molar-refractivity contribution in [2.45, 2.75) is 12.6 Å². The first-order valence-electron chi connectivity index (χ1n) is 3.24. The third-order valence-electron chi connectivity index (χ3n) is 1.70. The van der Waals surface area contributed by atoms with Crippen LogP contribution in [0, 0.1) is 0 Å². The number of nitrogens with zero attached hydrogens (tertiary/aromatic N) is 2. The Kier molecular flexibility index (Phi) is 1.11. The lowest BCUT2D eigenvalue weighted by Gasteiger charge is -2.21. The fourth-order valence-electron chi connectivity index (χ4n) is 1.19. The molecule has 1 N–H and O–H groups in total. The molecule has 0 aromatic heterocycles. The molecule has 3 nitrogen and oxygen atoms in total. The first kappa shape index (κ1) is 5.68. The van der Waals surface area contributed by atoms with Gasteiger partial charge in [0.15, 0.2) is 6.17 Å². The largest absolute Gasteiger partial charge is 0.287 e. The highest BCUT2D eigenvalue weighted by molar-refractivity contribution is 5.66. The average Bonchev–Trinajstić information content (AvgIpc) is 2.36. The van der Waals surface area contributed by atoms with Crippen molar-refractivity contribution in [3.05, 3.63) is 23.9 Å². The van der Waals surface area contributed by atoms with Gasteiger partial charge in [-0.2, -0.15) is 0 Å². The zero-order valence-electron chi connectivity index (χ0n) is 5.44. The molecule has 0 aromatic rings. The second-order valence-electron chi connectivity index (χ2n) is 2.37. The summed E-state index contributed by atoms with van der Waals surface area (Å²) in [5, 5.41) is 10.3. The van der Waals surface area contributed by atoms with Crippen LogP contribution in [0.25, 0.3) is 0 Å². The van der Waals surface area contributed by atoms with Crippen LogP contribution in [-0.2, 0) is 0 Å². The molecule has 10 heavy (non-hydrogen) atoms. The second kappa shape index (κ2) is 1.95. The highest BCUT2D eigenvalue weighted by Gasteiger charge is 2.22. The Hall–Kier alpha value is -1.09. The van der Waals surface area contributed by atoms with E-state index in [2.05, 4.69) is 4.99 Å². The average molecular weight is 136 g/mol. The van der Waals surface area contributed by atoms with Gasteiger partial charge in [-0.1, -0.05) is 6.08 Å². The van der Waals surface area contributed by atoms with Gasteiger partial charge in [-0.25, -0.2) is 5.06 Å². The Morgan fingerprint density at radius 2 is 2.60 bits per heavy atom. The van der Waals surface area contributed by atoms with Gasteiger partial charge >= 0.3 is 0 Å². The van der Waals surface area contributed by atoms with E-state index >= 15 is 0 Å². The number of rotatable bonds is 0. The van der Waals surface area contributed by atoms with Crippen molar-refractivity contribution < 1.29 is 5.21 Å². The molecule has 52 valence electrons. The van der Waals surface area contributed by atoms with Crippen LogP contribution in [0.4, 0.5) is 0 Å². The third kappa shape index (κ3) is 0.675. The van der Waals surface area contributed by atoms with Crippen molar-refractivity contribution in [1.29, 1.82) is 0 Å². The van der Waals surface area contributed by atoms with E-state index in [1.165, 1.54) is 0 Å². The van der Waals surface area contributed by atoms with Gasteiger partial charge in [-0.15, -0.1) is 0 Å². The number of fused-ring (bicyclic) bond motifs is 1. The molecule has 2 aliphatic heterocycles. The molecule has 0 aromatic carbocycles. The summed E-state index contributed by atoms with van der Waals surface area (Å²) >= 11 is 0. The van der Waals surface area contributed by atoms with Gasteiger partial charge in [0.25, 0.3) is 0 Å². The first-order chi connectivity index (χ1) is 4.88. The highest BCUT2D eigenvalue weighted by Crippen LogP contribution is 2.22. The summed E-state index contributed by atoms with van der Waals surface area (Å²) in [6.45, 7) is 0. The van der Waals surface area contributed by atoms with E-state index in [1.807, 2.05) is 18.4 Å². The molecular formula is C7H8N2O. The smallest absolute Gasteiger partial charge is 0.166 e. The molecule has 0 spiro atoms. The van der Waals surface area contributed by atoms with Gasteiger partial charge in [0.1, 0.15) is 0 Å². The summed E-state index contributed by atoms with van der Waals surface area (Å²) in [6.07, 6.45) is 7.98. The van der Waals surface area contributed by atoms with Crippen LogP contribution >= 0.6 is 0 Å². The van der Waals surface area contributed by atoms with Gasteiger partial charge < -0.3 is 0 Å². The maximum absolute atomic E-state index is 9.17. The number of hydrogen-bond donors (Lipinski definition) is 1. The molecule has 2 heterocycles. The molecule has 1 unspecified atom stereocenters. The van der Waals surface area contributed by atoms with Crippen molar-refractivity contribution in [1.82, 2.24) is 5.06 Å². The van der Waals surface area contributed by atoms with Crippen LogP contribution in [0.1, 0.15) is 6.42 Å². The second-order valence-corrected chi connectivity index (χ2v) is 2.37. The lowest BCUT2D eigenvalue weighted by Crippen LogP contribution is -2.26. The zero-order valence-corrected chi connectivity index (χ0v) is 5.44. The highest BCUT2D eigenvalue weighted by atomic mass is 16.5. The maximum atomic E-state index is 9.17. The molecule has 1 atom stereocenters. The molecule has 0 fully saturated rings. The summed E-state index contributed by atoms with van der Waals surface area (Å²) in [4.78, 5) is 4.07. The Morgan fingerprint density at radius 3 is 3.40 bits per heavy atom. The third-order valence-corrected chi connectivity index (χ3v) is 1.70. The van der Waals surface area contributed by atoms with Crippen LogP contribution in [0.15, 0.2) is 28.9 Å². The number of hydroxylamine groups is 2. The van der Waals surface area contributed by atoms with E-state index in [-0.39, 0.29) is 6.17 Å². The fourth-order valence-corrected chi connectivity index (χ4v) is 1.19. The predicted octanol–water partition coefficient (Wildman–Crippen LogP) is 0.932. The van der Waals surface area contributed by atoms with Crippen LogP contribution < -0.4 is 0 Å². The molecule has 0 bridgehead atoms. The van der Waals surface area contributed by atoms with Gasteiger partial charge in [0.2, 0.25) is 0 Å². The normalized spacial score (nSPS) is 28.7. The molecule has 0 aliphatic carbocycles. The van der Waals surface area contributed by atoms with E-state index in [1.54, 1.807) is 6.20 Å². The summed E-state index contributed by atoms with van der Waals surface area (Å²) in [7, 11) is 0. The quantitative estimate of drug-likeness (QED) is 0.537. The monoisotopic (exact) mass is 136 g/mol. The lowest BCUT2D eigenvalue weighted by atomic mass is 10.1. The Bertz CT molecular complexity index is 230. The van der Waals surface area contributed by atoms with Gasteiger partial charge in [-0.3, -0.25) is 10.2 Å². The van der Waals surface area contributed by atoms with E-state index in [4.69, 9.17) is 0 Å².